The lowest BCUT2D eigenvalue weighted by molar-refractivity contribution is -0.138. The van der Waals surface area contributed by atoms with Crippen LogP contribution in [0.15, 0.2) is 30.5 Å². The number of hydrogen-bond donors (Lipinski definition) is 2. The largest absolute Gasteiger partial charge is 0.481 e. The van der Waals surface area contributed by atoms with Gasteiger partial charge in [0.1, 0.15) is 5.82 Å². The van der Waals surface area contributed by atoms with Gasteiger partial charge in [-0.1, -0.05) is 26.8 Å². The van der Waals surface area contributed by atoms with Gasteiger partial charge in [-0.2, -0.15) is 0 Å². The maximum absolute atomic E-state index is 13.1. The van der Waals surface area contributed by atoms with E-state index in [0.29, 0.717) is 30.1 Å². The number of carbonyl (C=O) groups is 2. The molecule has 0 unspecified atom stereocenters. The first-order valence-electron chi connectivity index (χ1n) is 12.4. The van der Waals surface area contributed by atoms with Crippen molar-refractivity contribution in [2.24, 2.45) is 17.3 Å². The molecule has 2 aliphatic rings. The van der Waals surface area contributed by atoms with Crippen molar-refractivity contribution in [3.63, 3.8) is 0 Å². The third kappa shape index (κ3) is 5.84. The molecule has 0 spiro atoms. The minimum Gasteiger partial charge on any atom is -0.481 e. The van der Waals surface area contributed by atoms with E-state index >= 15 is 0 Å². The van der Waals surface area contributed by atoms with E-state index in [1.54, 1.807) is 0 Å². The zero-order valence-electron chi connectivity index (χ0n) is 20.1. The fraction of sp³-hybridized carbons (Fsp3) is 0.593. The molecule has 6 nitrogen and oxygen atoms in total. The molecule has 1 aromatic heterocycles. The van der Waals surface area contributed by atoms with Gasteiger partial charge in [0.2, 0.25) is 0 Å². The van der Waals surface area contributed by atoms with E-state index in [4.69, 9.17) is 5.11 Å². The number of anilines is 1. The summed E-state index contributed by atoms with van der Waals surface area (Å²) in [5.74, 6) is 1.09. The molecule has 2 N–H and O–H groups in total. The second-order valence-electron chi connectivity index (χ2n) is 11.0. The highest BCUT2D eigenvalue weighted by Crippen LogP contribution is 2.38. The Kier molecular flexibility index (Phi) is 6.91. The van der Waals surface area contributed by atoms with Crippen molar-refractivity contribution in [3.8, 4) is 0 Å². The van der Waals surface area contributed by atoms with Gasteiger partial charge in [0.15, 0.2) is 0 Å². The lowest BCUT2D eigenvalue weighted by Crippen LogP contribution is -2.38. The fourth-order valence-electron chi connectivity index (χ4n) is 5.44. The van der Waals surface area contributed by atoms with Gasteiger partial charge >= 0.3 is 5.97 Å². The second-order valence-corrected chi connectivity index (χ2v) is 11.0. The zero-order valence-corrected chi connectivity index (χ0v) is 20.1. The summed E-state index contributed by atoms with van der Waals surface area (Å²) in [4.78, 5) is 30.5. The number of carbonyl (C=O) groups excluding carboxylic acids is 1. The van der Waals surface area contributed by atoms with Gasteiger partial charge in [-0.25, -0.2) is 4.98 Å². The molecule has 2 aromatic rings. The van der Waals surface area contributed by atoms with Crippen LogP contribution in [0.5, 0.6) is 0 Å². The quantitative estimate of drug-likeness (QED) is 0.620. The average molecular weight is 452 g/mol. The molecule has 0 bridgehead atoms. The predicted molar refractivity (Wildman–Crippen MR) is 131 cm³/mol. The Morgan fingerprint density at radius 1 is 1.03 bits per heavy atom. The van der Waals surface area contributed by atoms with Crippen LogP contribution in [-0.4, -0.2) is 46.0 Å². The van der Waals surface area contributed by atoms with E-state index < -0.39 is 5.97 Å². The smallest absolute Gasteiger partial charge is 0.303 e. The summed E-state index contributed by atoms with van der Waals surface area (Å²) in [6.07, 6.45) is 8.40. The molecule has 33 heavy (non-hydrogen) atoms. The number of rotatable bonds is 5. The summed E-state index contributed by atoms with van der Waals surface area (Å²) in [6.45, 7) is 8.26. The maximum Gasteiger partial charge on any atom is 0.303 e. The molecule has 0 atom stereocenters. The molecular weight excluding hydrogens is 414 g/mol. The molecule has 1 saturated carbocycles. The summed E-state index contributed by atoms with van der Waals surface area (Å²) in [5, 5.41) is 14.7. The molecule has 4 rings (SSSR count). The number of amides is 1. The van der Waals surface area contributed by atoms with Crippen molar-refractivity contribution in [3.05, 3.63) is 36.0 Å². The normalized spacial score (nSPS) is 22.3. The molecule has 1 aliphatic carbocycles. The lowest BCUT2D eigenvalue weighted by atomic mass is 9.71. The molecule has 1 aliphatic heterocycles. The van der Waals surface area contributed by atoms with Crippen molar-refractivity contribution in [2.45, 2.75) is 71.8 Å². The third-order valence-electron chi connectivity index (χ3n) is 7.64. The molecular formula is C27H37N3O3. The summed E-state index contributed by atoms with van der Waals surface area (Å²) >= 11 is 0. The van der Waals surface area contributed by atoms with E-state index in [1.165, 1.54) is 12.8 Å². The van der Waals surface area contributed by atoms with Gasteiger partial charge in [0, 0.05) is 42.7 Å². The van der Waals surface area contributed by atoms with Crippen molar-refractivity contribution in [2.75, 3.05) is 18.4 Å². The zero-order chi connectivity index (χ0) is 23.6. The summed E-state index contributed by atoms with van der Waals surface area (Å²) in [6, 6.07) is 8.30. The highest BCUT2D eigenvalue weighted by Gasteiger charge is 2.30. The maximum atomic E-state index is 13.1. The molecule has 0 radical (unpaired) electrons. The number of benzene rings is 1. The summed E-state index contributed by atoms with van der Waals surface area (Å²) in [7, 11) is 0. The van der Waals surface area contributed by atoms with Crippen LogP contribution in [0.3, 0.4) is 0 Å². The standard InChI is InChI=1S/C27H37N3O3/c1-27(2,3)22-6-8-23(9-7-22)29-24-16-21-15-19(4-5-20(21)17-28-24)26(33)30-12-10-18(11-13-30)14-25(31)32/h4-5,15-18,22-23H,6-14H2,1-3H3,(H,28,29)(H,31,32). The summed E-state index contributed by atoms with van der Waals surface area (Å²) < 4.78 is 0. The van der Waals surface area contributed by atoms with Crippen LogP contribution in [0.2, 0.25) is 0 Å². The van der Waals surface area contributed by atoms with Crippen molar-refractivity contribution in [1.82, 2.24) is 9.88 Å². The predicted octanol–water partition coefficient (Wildman–Crippen LogP) is 5.58. The highest BCUT2D eigenvalue weighted by atomic mass is 16.4. The van der Waals surface area contributed by atoms with Crippen LogP contribution in [0.25, 0.3) is 10.8 Å². The van der Waals surface area contributed by atoms with Crippen molar-refractivity contribution >= 4 is 28.5 Å². The lowest BCUT2D eigenvalue weighted by Gasteiger charge is -2.37. The topological polar surface area (TPSA) is 82.5 Å². The van der Waals surface area contributed by atoms with Crippen LogP contribution in [0.1, 0.15) is 76.1 Å². The number of likely N-dealkylation sites (tertiary alicyclic amines) is 1. The average Bonchev–Trinajstić information content (AvgIpc) is 2.78. The Hall–Kier alpha value is -2.63. The minimum atomic E-state index is -0.755. The second kappa shape index (κ2) is 9.70. The first-order chi connectivity index (χ1) is 15.7. The Bertz CT molecular complexity index is 997. The van der Waals surface area contributed by atoms with Gasteiger partial charge < -0.3 is 15.3 Å². The van der Waals surface area contributed by atoms with Crippen LogP contribution in [0.4, 0.5) is 5.82 Å². The van der Waals surface area contributed by atoms with E-state index in [0.717, 1.165) is 48.2 Å². The molecule has 178 valence electrons. The van der Waals surface area contributed by atoms with Crippen molar-refractivity contribution < 1.29 is 14.7 Å². The number of piperidine rings is 1. The number of carboxylic acids is 1. The van der Waals surface area contributed by atoms with Crippen LogP contribution >= 0.6 is 0 Å². The van der Waals surface area contributed by atoms with Crippen LogP contribution in [-0.2, 0) is 4.79 Å². The molecule has 1 amide bonds. The first kappa shape index (κ1) is 23.5. The molecule has 2 fully saturated rings. The molecule has 1 aromatic carbocycles. The molecule has 2 heterocycles. The number of fused-ring (bicyclic) bond motifs is 1. The van der Waals surface area contributed by atoms with Gasteiger partial charge in [0.25, 0.3) is 5.91 Å². The van der Waals surface area contributed by atoms with Crippen molar-refractivity contribution in [1.29, 1.82) is 0 Å². The van der Waals surface area contributed by atoms with E-state index in [9.17, 15) is 9.59 Å². The number of nitrogens with one attached hydrogen (secondary N) is 1. The summed E-state index contributed by atoms with van der Waals surface area (Å²) in [5.41, 5.74) is 1.06. The van der Waals surface area contributed by atoms with Gasteiger partial charge in [-0.05, 0) is 79.4 Å². The first-order valence-corrected chi connectivity index (χ1v) is 12.4. The van der Waals surface area contributed by atoms with Gasteiger partial charge in [0.05, 0.1) is 0 Å². The number of nitrogens with zero attached hydrogens (tertiary/aromatic N) is 2. The number of aromatic nitrogens is 1. The Morgan fingerprint density at radius 2 is 1.73 bits per heavy atom. The highest BCUT2D eigenvalue weighted by molar-refractivity contribution is 5.99. The number of carboxylic acid groups (broad SMARTS) is 1. The monoisotopic (exact) mass is 451 g/mol. The molecule has 1 saturated heterocycles. The van der Waals surface area contributed by atoms with Crippen LogP contribution in [0, 0.1) is 17.3 Å². The Morgan fingerprint density at radius 3 is 2.36 bits per heavy atom. The number of pyridine rings is 1. The number of aliphatic carboxylic acids is 1. The molecule has 6 heteroatoms. The van der Waals surface area contributed by atoms with E-state index in [-0.39, 0.29) is 18.2 Å². The Balaban J connectivity index is 1.39. The third-order valence-corrected chi connectivity index (χ3v) is 7.64. The SMILES string of the molecule is CC(C)(C)C1CCC(Nc2cc3cc(C(=O)N4CCC(CC(=O)O)CC4)ccc3cn2)CC1. The number of hydrogen-bond acceptors (Lipinski definition) is 4. The fourth-order valence-corrected chi connectivity index (χ4v) is 5.44. The van der Waals surface area contributed by atoms with Gasteiger partial charge in [-0.3, -0.25) is 9.59 Å². The Labute approximate surface area is 196 Å². The van der Waals surface area contributed by atoms with Crippen LogP contribution < -0.4 is 5.32 Å². The van der Waals surface area contributed by atoms with E-state index in [2.05, 4.69) is 37.1 Å². The van der Waals surface area contributed by atoms with E-state index in [1.807, 2.05) is 29.3 Å². The van der Waals surface area contributed by atoms with Gasteiger partial charge in [-0.15, -0.1) is 0 Å². The minimum absolute atomic E-state index is 0.0255.